The first-order valence-corrected chi connectivity index (χ1v) is 8.09. The van der Waals surface area contributed by atoms with Gasteiger partial charge in [-0.25, -0.2) is 4.98 Å². The summed E-state index contributed by atoms with van der Waals surface area (Å²) in [5.74, 6) is 1.75. The van der Waals surface area contributed by atoms with Gasteiger partial charge in [-0.1, -0.05) is 0 Å². The third-order valence-electron chi connectivity index (χ3n) is 3.83. The van der Waals surface area contributed by atoms with Gasteiger partial charge in [0.05, 0.1) is 23.3 Å². The standard InChI is InChI=1S/C16H20N4OS/c1-10(16-11(2)22-12(3)18-16)20(4)9-13-5-6-15(21-13)14-7-8-17-19-14/h5-8,10H,9H2,1-4H3,(H,17,19)/t10-/m1/s1. The van der Waals surface area contributed by atoms with Crippen molar-refractivity contribution in [3.05, 3.63) is 45.7 Å². The summed E-state index contributed by atoms with van der Waals surface area (Å²) in [5.41, 5.74) is 2.05. The average Bonchev–Trinajstić information content (AvgIpc) is 3.18. The Kier molecular flexibility index (Phi) is 4.13. The molecule has 5 nitrogen and oxygen atoms in total. The molecule has 0 aliphatic rings. The van der Waals surface area contributed by atoms with Crippen molar-refractivity contribution in [1.82, 2.24) is 20.1 Å². The van der Waals surface area contributed by atoms with E-state index in [1.807, 2.05) is 18.2 Å². The summed E-state index contributed by atoms with van der Waals surface area (Å²) in [4.78, 5) is 8.19. The zero-order chi connectivity index (χ0) is 15.7. The van der Waals surface area contributed by atoms with Gasteiger partial charge in [-0.05, 0) is 46.0 Å². The molecule has 0 amide bonds. The summed E-state index contributed by atoms with van der Waals surface area (Å²) in [7, 11) is 2.09. The highest BCUT2D eigenvalue weighted by atomic mass is 32.1. The number of aromatic nitrogens is 3. The fourth-order valence-electron chi connectivity index (χ4n) is 2.52. The highest BCUT2D eigenvalue weighted by molar-refractivity contribution is 7.11. The molecule has 0 fully saturated rings. The van der Waals surface area contributed by atoms with Gasteiger partial charge >= 0.3 is 0 Å². The number of H-pyrrole nitrogens is 1. The lowest BCUT2D eigenvalue weighted by molar-refractivity contribution is 0.229. The van der Waals surface area contributed by atoms with Crippen molar-refractivity contribution in [2.45, 2.75) is 33.4 Å². The van der Waals surface area contributed by atoms with Crippen LogP contribution in [0, 0.1) is 13.8 Å². The van der Waals surface area contributed by atoms with Crippen LogP contribution < -0.4 is 0 Å². The van der Waals surface area contributed by atoms with Gasteiger partial charge in [-0.3, -0.25) is 10.00 Å². The zero-order valence-corrected chi connectivity index (χ0v) is 14.1. The molecule has 0 aliphatic heterocycles. The Hall–Kier alpha value is -1.92. The second-order valence-electron chi connectivity index (χ2n) is 5.50. The van der Waals surface area contributed by atoms with Crippen LogP contribution in [-0.2, 0) is 6.54 Å². The minimum atomic E-state index is 0.255. The van der Waals surface area contributed by atoms with Gasteiger partial charge in [-0.15, -0.1) is 11.3 Å². The van der Waals surface area contributed by atoms with Crippen LogP contribution in [-0.4, -0.2) is 27.1 Å². The SMILES string of the molecule is Cc1nc([C@@H](C)N(C)Cc2ccc(-c3ccn[nH]3)o2)c(C)s1. The second-order valence-corrected chi connectivity index (χ2v) is 6.91. The van der Waals surface area contributed by atoms with Crippen molar-refractivity contribution in [3.63, 3.8) is 0 Å². The Balaban J connectivity index is 1.71. The van der Waals surface area contributed by atoms with Crippen molar-refractivity contribution in [2.24, 2.45) is 0 Å². The molecule has 116 valence electrons. The van der Waals surface area contributed by atoms with Gasteiger partial charge in [-0.2, -0.15) is 5.10 Å². The Labute approximate surface area is 134 Å². The number of nitrogens with zero attached hydrogens (tertiary/aromatic N) is 3. The Morgan fingerprint density at radius 2 is 2.14 bits per heavy atom. The number of hydrogen-bond donors (Lipinski definition) is 1. The Morgan fingerprint density at radius 3 is 2.77 bits per heavy atom. The van der Waals surface area contributed by atoms with E-state index in [1.54, 1.807) is 17.5 Å². The number of nitrogens with one attached hydrogen (secondary N) is 1. The number of rotatable bonds is 5. The first-order valence-electron chi connectivity index (χ1n) is 7.27. The molecule has 3 aromatic heterocycles. The number of hydrogen-bond acceptors (Lipinski definition) is 5. The van der Waals surface area contributed by atoms with Crippen LogP contribution in [0.25, 0.3) is 11.5 Å². The molecular formula is C16H20N4OS. The summed E-state index contributed by atoms with van der Waals surface area (Å²) in [6.45, 7) is 7.11. The van der Waals surface area contributed by atoms with Crippen LogP contribution in [0.4, 0.5) is 0 Å². The maximum absolute atomic E-state index is 5.89. The highest BCUT2D eigenvalue weighted by Crippen LogP contribution is 2.28. The van der Waals surface area contributed by atoms with E-state index in [0.717, 1.165) is 34.5 Å². The number of aromatic amines is 1. The molecular weight excluding hydrogens is 296 g/mol. The smallest absolute Gasteiger partial charge is 0.152 e. The average molecular weight is 316 g/mol. The van der Waals surface area contributed by atoms with Crippen molar-refractivity contribution >= 4 is 11.3 Å². The first-order chi connectivity index (χ1) is 10.5. The quantitative estimate of drug-likeness (QED) is 0.774. The van der Waals surface area contributed by atoms with Crippen molar-refractivity contribution in [1.29, 1.82) is 0 Å². The van der Waals surface area contributed by atoms with Crippen molar-refractivity contribution in [3.8, 4) is 11.5 Å². The van der Waals surface area contributed by atoms with Crippen LogP contribution in [0.3, 0.4) is 0 Å². The van der Waals surface area contributed by atoms with E-state index in [2.05, 4.69) is 47.9 Å². The third kappa shape index (κ3) is 2.98. The lowest BCUT2D eigenvalue weighted by Crippen LogP contribution is -2.22. The monoisotopic (exact) mass is 316 g/mol. The van der Waals surface area contributed by atoms with Gasteiger partial charge < -0.3 is 4.42 Å². The summed E-state index contributed by atoms with van der Waals surface area (Å²) >= 11 is 1.75. The van der Waals surface area contributed by atoms with Gasteiger partial charge in [0.15, 0.2) is 5.76 Å². The predicted molar refractivity (Wildman–Crippen MR) is 87.8 cm³/mol. The Bertz CT molecular complexity index is 744. The molecule has 22 heavy (non-hydrogen) atoms. The third-order valence-corrected chi connectivity index (χ3v) is 4.73. The number of aryl methyl sites for hydroxylation is 2. The van der Waals surface area contributed by atoms with Crippen LogP contribution in [0.1, 0.15) is 34.3 Å². The lowest BCUT2D eigenvalue weighted by atomic mass is 10.2. The van der Waals surface area contributed by atoms with E-state index < -0.39 is 0 Å². The van der Waals surface area contributed by atoms with Crippen LogP contribution >= 0.6 is 11.3 Å². The summed E-state index contributed by atoms with van der Waals surface area (Å²) in [6.07, 6.45) is 1.72. The van der Waals surface area contributed by atoms with Crippen molar-refractivity contribution in [2.75, 3.05) is 7.05 Å². The fourth-order valence-corrected chi connectivity index (χ4v) is 3.43. The molecule has 0 aliphatic carbocycles. The molecule has 3 rings (SSSR count). The molecule has 1 N–H and O–H groups in total. The van der Waals surface area contributed by atoms with E-state index in [0.29, 0.717) is 0 Å². The first kappa shape index (κ1) is 15.0. The molecule has 1 atom stereocenters. The van der Waals surface area contributed by atoms with E-state index >= 15 is 0 Å². The molecule has 0 unspecified atom stereocenters. The van der Waals surface area contributed by atoms with Crippen molar-refractivity contribution < 1.29 is 4.42 Å². The van der Waals surface area contributed by atoms with Crippen LogP contribution in [0.2, 0.25) is 0 Å². The molecule has 3 heterocycles. The van der Waals surface area contributed by atoms with E-state index in [-0.39, 0.29) is 6.04 Å². The Morgan fingerprint density at radius 1 is 1.32 bits per heavy atom. The molecule has 0 aromatic carbocycles. The van der Waals surface area contributed by atoms with E-state index in [9.17, 15) is 0 Å². The van der Waals surface area contributed by atoms with Crippen LogP contribution in [0.15, 0.2) is 28.8 Å². The van der Waals surface area contributed by atoms with E-state index in [1.165, 1.54) is 4.88 Å². The topological polar surface area (TPSA) is 58.0 Å². The molecule has 0 saturated heterocycles. The summed E-state index contributed by atoms with van der Waals surface area (Å²) in [6, 6.07) is 6.14. The molecule has 3 aromatic rings. The molecule has 6 heteroatoms. The normalized spacial score (nSPS) is 13.0. The minimum absolute atomic E-state index is 0.255. The van der Waals surface area contributed by atoms with Crippen LogP contribution in [0.5, 0.6) is 0 Å². The zero-order valence-electron chi connectivity index (χ0n) is 13.3. The van der Waals surface area contributed by atoms with Gasteiger partial charge in [0.1, 0.15) is 11.5 Å². The van der Waals surface area contributed by atoms with Gasteiger partial charge in [0.25, 0.3) is 0 Å². The fraction of sp³-hybridized carbons (Fsp3) is 0.375. The summed E-state index contributed by atoms with van der Waals surface area (Å²) < 4.78 is 5.89. The molecule has 0 bridgehead atoms. The maximum atomic E-state index is 5.89. The van der Waals surface area contributed by atoms with Gasteiger partial charge in [0.2, 0.25) is 0 Å². The highest BCUT2D eigenvalue weighted by Gasteiger charge is 2.19. The molecule has 0 spiro atoms. The number of furan rings is 1. The maximum Gasteiger partial charge on any atom is 0.152 e. The predicted octanol–water partition coefficient (Wildman–Crippen LogP) is 3.94. The lowest BCUT2D eigenvalue weighted by Gasteiger charge is -2.22. The largest absolute Gasteiger partial charge is 0.458 e. The molecule has 0 saturated carbocycles. The minimum Gasteiger partial charge on any atom is -0.458 e. The molecule has 0 radical (unpaired) electrons. The second kappa shape index (κ2) is 6.06. The summed E-state index contributed by atoms with van der Waals surface area (Å²) in [5, 5.41) is 7.98. The van der Waals surface area contributed by atoms with Gasteiger partial charge in [0, 0.05) is 11.1 Å². The number of thiazole rings is 1. The van der Waals surface area contributed by atoms with E-state index in [4.69, 9.17) is 4.42 Å².